The molecule has 102 valence electrons. The van der Waals surface area contributed by atoms with Crippen LogP contribution >= 0.6 is 42.9 Å². The van der Waals surface area contributed by atoms with Gasteiger partial charge in [-0.2, -0.15) is 27.0 Å². The molecule has 18 heavy (non-hydrogen) atoms. The molecule has 0 heterocycles. The summed E-state index contributed by atoms with van der Waals surface area (Å²) in [7, 11) is 0. The normalized spacial score (nSPS) is 20.4. The van der Waals surface area contributed by atoms with E-state index in [-0.39, 0.29) is 50.6 Å². The minimum Gasteiger partial charge on any atom is -0.466 e. The molecular formula is C12H16BrFO2S2. The van der Waals surface area contributed by atoms with Crippen LogP contribution < -0.4 is 0 Å². The Hall–Kier alpha value is -0.200. The maximum atomic E-state index is 13.3. The lowest BCUT2D eigenvalue weighted by Crippen LogP contribution is -2.07. The van der Waals surface area contributed by atoms with Crippen molar-refractivity contribution in [2.45, 2.75) is 19.3 Å². The monoisotopic (exact) mass is 354 g/mol. The first-order valence-electron chi connectivity index (χ1n) is 5.25. The van der Waals surface area contributed by atoms with Gasteiger partial charge in [0.15, 0.2) is 0 Å². The molecule has 1 aromatic carbocycles. The van der Waals surface area contributed by atoms with Gasteiger partial charge in [-0.15, -0.1) is 0 Å². The van der Waals surface area contributed by atoms with Gasteiger partial charge in [0.05, 0.1) is 17.0 Å². The predicted molar refractivity (Wildman–Crippen MR) is 82.3 cm³/mol. The molecule has 0 bridgehead atoms. The van der Waals surface area contributed by atoms with Crippen molar-refractivity contribution in [3.05, 3.63) is 34.1 Å². The van der Waals surface area contributed by atoms with E-state index in [9.17, 15) is 9.18 Å². The molecule has 0 radical (unpaired) electrons. The third-order valence-corrected chi connectivity index (χ3v) is 3.39. The van der Waals surface area contributed by atoms with Crippen molar-refractivity contribution >= 4 is 48.9 Å². The highest BCUT2D eigenvalue weighted by Crippen LogP contribution is 2.48. The van der Waals surface area contributed by atoms with Crippen molar-refractivity contribution in [2.24, 2.45) is 5.92 Å². The fourth-order valence-corrected chi connectivity index (χ4v) is 2.06. The van der Waals surface area contributed by atoms with E-state index in [1.165, 1.54) is 6.07 Å². The first kappa shape index (κ1) is 17.8. The molecular weight excluding hydrogens is 339 g/mol. The molecule has 0 spiro atoms. The average Bonchev–Trinajstić information content (AvgIpc) is 3.02. The second kappa shape index (κ2) is 7.40. The van der Waals surface area contributed by atoms with Crippen LogP contribution in [0.4, 0.5) is 4.39 Å². The van der Waals surface area contributed by atoms with Crippen molar-refractivity contribution < 1.29 is 13.9 Å². The molecule has 0 aromatic heterocycles. The second-order valence-corrected chi connectivity index (χ2v) is 4.73. The summed E-state index contributed by atoms with van der Waals surface area (Å²) in [5, 5.41) is 0. The summed E-state index contributed by atoms with van der Waals surface area (Å²) in [6, 6.07) is 5.00. The van der Waals surface area contributed by atoms with Crippen LogP contribution in [0.1, 0.15) is 24.8 Å². The Balaban J connectivity index is 0.00000144. The Kier molecular flexibility index (Phi) is 7.32. The van der Waals surface area contributed by atoms with Gasteiger partial charge in [-0.05, 0) is 52.9 Å². The van der Waals surface area contributed by atoms with Gasteiger partial charge in [-0.3, -0.25) is 4.79 Å². The highest BCUT2D eigenvalue weighted by molar-refractivity contribution is 9.10. The van der Waals surface area contributed by atoms with Crippen LogP contribution in [-0.4, -0.2) is 12.6 Å². The maximum Gasteiger partial charge on any atom is 0.309 e. The molecule has 1 aliphatic rings. The van der Waals surface area contributed by atoms with Crippen LogP contribution in [0, 0.1) is 11.7 Å². The number of rotatable bonds is 3. The topological polar surface area (TPSA) is 26.3 Å². The first-order valence-corrected chi connectivity index (χ1v) is 6.04. The zero-order valence-corrected chi connectivity index (χ0v) is 13.5. The lowest BCUT2D eigenvalue weighted by Gasteiger charge is -2.02. The molecule has 1 aliphatic carbocycles. The van der Waals surface area contributed by atoms with Crippen LogP contribution in [-0.2, 0) is 9.53 Å². The smallest absolute Gasteiger partial charge is 0.309 e. The van der Waals surface area contributed by atoms with Crippen molar-refractivity contribution in [3.8, 4) is 0 Å². The zero-order valence-electron chi connectivity index (χ0n) is 9.87. The van der Waals surface area contributed by atoms with E-state index in [1.807, 2.05) is 6.07 Å². The van der Waals surface area contributed by atoms with E-state index in [1.54, 1.807) is 13.0 Å². The minimum atomic E-state index is -0.285. The number of carbonyl (C=O) groups is 1. The highest BCUT2D eigenvalue weighted by atomic mass is 79.9. The summed E-state index contributed by atoms with van der Waals surface area (Å²) in [5.41, 5.74) is 0.874. The number of ether oxygens (including phenoxy) is 1. The Morgan fingerprint density at radius 3 is 2.72 bits per heavy atom. The highest BCUT2D eigenvalue weighted by Gasteiger charge is 2.45. The molecule has 1 saturated carbocycles. The van der Waals surface area contributed by atoms with Crippen LogP contribution in [0.25, 0.3) is 0 Å². The third kappa shape index (κ3) is 3.90. The van der Waals surface area contributed by atoms with E-state index in [2.05, 4.69) is 15.9 Å². The van der Waals surface area contributed by atoms with E-state index < -0.39 is 0 Å². The summed E-state index contributed by atoms with van der Waals surface area (Å²) in [6.45, 7) is 2.19. The molecule has 0 saturated heterocycles. The fourth-order valence-electron chi connectivity index (χ4n) is 1.82. The van der Waals surface area contributed by atoms with Crippen molar-refractivity contribution in [2.75, 3.05) is 6.61 Å². The third-order valence-electron chi connectivity index (χ3n) is 2.75. The molecule has 0 N–H and O–H groups in total. The molecule has 2 atom stereocenters. The molecule has 1 aromatic rings. The second-order valence-electron chi connectivity index (χ2n) is 3.87. The Morgan fingerprint density at radius 1 is 1.50 bits per heavy atom. The average molecular weight is 355 g/mol. The Morgan fingerprint density at radius 2 is 2.17 bits per heavy atom. The standard InChI is InChI=1S/C12H12BrFO2.2H2S/c1-2-16-12(15)9-6-8(9)7-3-4-10(13)11(14)5-7;;/h3-5,8-9H,2,6H2,1H3;2*1H2/t8-,9+;;/m1../s1. The Labute approximate surface area is 128 Å². The SMILES string of the molecule is CCOC(=O)[C@H]1C[C@@H]1c1ccc(Br)c(F)c1.S.S. The van der Waals surface area contributed by atoms with Gasteiger partial charge in [0, 0.05) is 0 Å². The van der Waals surface area contributed by atoms with E-state index in [4.69, 9.17) is 4.74 Å². The molecule has 1 fully saturated rings. The number of carbonyl (C=O) groups excluding carboxylic acids is 1. The van der Waals surface area contributed by atoms with Gasteiger partial charge in [-0.1, -0.05) is 6.07 Å². The molecule has 0 unspecified atom stereocenters. The summed E-state index contributed by atoms with van der Waals surface area (Å²) in [6.07, 6.45) is 0.764. The van der Waals surface area contributed by atoms with Crippen molar-refractivity contribution in [1.82, 2.24) is 0 Å². The summed E-state index contributed by atoms with van der Waals surface area (Å²) >= 11 is 3.10. The summed E-state index contributed by atoms with van der Waals surface area (Å²) in [5.74, 6) is -0.412. The van der Waals surface area contributed by atoms with Gasteiger partial charge < -0.3 is 4.74 Å². The van der Waals surface area contributed by atoms with Crippen LogP contribution in [0.2, 0.25) is 0 Å². The molecule has 2 rings (SSSR count). The van der Waals surface area contributed by atoms with Gasteiger partial charge in [0.1, 0.15) is 5.82 Å². The Bertz CT molecular complexity index is 429. The number of benzene rings is 1. The predicted octanol–water partition coefficient (Wildman–Crippen LogP) is 3.48. The van der Waals surface area contributed by atoms with Gasteiger partial charge >= 0.3 is 5.97 Å². The number of esters is 1. The minimum absolute atomic E-state index is 0. The van der Waals surface area contributed by atoms with Crippen LogP contribution in [0.5, 0.6) is 0 Å². The summed E-state index contributed by atoms with van der Waals surface area (Å²) in [4.78, 5) is 11.4. The van der Waals surface area contributed by atoms with E-state index >= 15 is 0 Å². The van der Waals surface area contributed by atoms with Gasteiger partial charge in [0.2, 0.25) is 0 Å². The lowest BCUT2D eigenvalue weighted by molar-refractivity contribution is -0.144. The molecule has 0 amide bonds. The first-order chi connectivity index (χ1) is 7.63. The van der Waals surface area contributed by atoms with Crippen molar-refractivity contribution in [3.63, 3.8) is 0 Å². The molecule has 0 aliphatic heterocycles. The quantitative estimate of drug-likeness (QED) is 0.776. The van der Waals surface area contributed by atoms with E-state index in [0.717, 1.165) is 12.0 Å². The maximum absolute atomic E-state index is 13.3. The van der Waals surface area contributed by atoms with Crippen LogP contribution in [0.15, 0.2) is 22.7 Å². The molecule has 6 heteroatoms. The van der Waals surface area contributed by atoms with Crippen molar-refractivity contribution in [1.29, 1.82) is 0 Å². The number of halogens is 2. The summed E-state index contributed by atoms with van der Waals surface area (Å²) < 4.78 is 18.7. The lowest BCUT2D eigenvalue weighted by atomic mass is 10.1. The number of hydrogen-bond acceptors (Lipinski definition) is 2. The van der Waals surface area contributed by atoms with Crippen LogP contribution in [0.3, 0.4) is 0 Å². The fraction of sp³-hybridized carbons (Fsp3) is 0.417. The molecule has 2 nitrogen and oxygen atoms in total. The number of hydrogen-bond donors (Lipinski definition) is 0. The van der Waals surface area contributed by atoms with E-state index in [0.29, 0.717) is 11.1 Å². The zero-order chi connectivity index (χ0) is 11.7. The van der Waals surface area contributed by atoms with Gasteiger partial charge in [-0.25, -0.2) is 4.39 Å². The van der Waals surface area contributed by atoms with Gasteiger partial charge in [0.25, 0.3) is 0 Å². The largest absolute Gasteiger partial charge is 0.466 e.